The quantitative estimate of drug-likeness (QED) is 0.411. The van der Waals surface area contributed by atoms with Gasteiger partial charge in [0.05, 0.1) is 25.1 Å². The van der Waals surface area contributed by atoms with E-state index in [2.05, 4.69) is 31.0 Å². The molecule has 33 heavy (non-hydrogen) atoms. The molecule has 0 atom stereocenters. The Hall–Kier alpha value is -4.17. The Morgan fingerprint density at radius 2 is 1.52 bits per heavy atom. The molecule has 4 aromatic rings. The number of hydrogen-bond donors (Lipinski definition) is 3. The van der Waals surface area contributed by atoms with Crippen LogP contribution in [0.15, 0.2) is 79.0 Å². The zero-order valence-electron chi connectivity index (χ0n) is 18.0. The molecule has 0 unspecified atom stereocenters. The molecule has 0 radical (unpaired) electrons. The highest BCUT2D eigenvalue weighted by atomic mass is 16.5. The van der Waals surface area contributed by atoms with Crippen LogP contribution in [-0.2, 0) is 4.74 Å². The molecule has 0 spiro atoms. The molecular formula is C25H24N6O2. The fourth-order valence-electron chi connectivity index (χ4n) is 3.76. The molecular weight excluding hydrogens is 416 g/mol. The maximum Gasteiger partial charge on any atom is 0.323 e. The van der Waals surface area contributed by atoms with E-state index in [-0.39, 0.29) is 6.03 Å². The predicted octanol–water partition coefficient (Wildman–Crippen LogP) is 4.85. The number of morpholine rings is 1. The molecule has 2 heterocycles. The van der Waals surface area contributed by atoms with Crippen molar-refractivity contribution in [3.63, 3.8) is 0 Å². The normalized spacial score (nSPS) is 13.5. The SMILES string of the molecule is O=C(Nc1ccc(Nc2cc(N3CCOCC3)cnn2)cc1)Nc1ccc2ccccc2c1. The zero-order valence-corrected chi connectivity index (χ0v) is 18.0. The molecule has 3 N–H and O–H groups in total. The van der Waals surface area contributed by atoms with Crippen LogP contribution >= 0.6 is 0 Å². The first-order chi connectivity index (χ1) is 16.2. The third kappa shape index (κ3) is 5.19. The fraction of sp³-hybridized carbons (Fsp3) is 0.160. The summed E-state index contributed by atoms with van der Waals surface area (Å²) in [5.74, 6) is 0.661. The fourth-order valence-corrected chi connectivity index (χ4v) is 3.76. The van der Waals surface area contributed by atoms with E-state index in [9.17, 15) is 4.79 Å². The van der Waals surface area contributed by atoms with Crippen LogP contribution in [0, 0.1) is 0 Å². The second-order valence-corrected chi connectivity index (χ2v) is 7.74. The summed E-state index contributed by atoms with van der Waals surface area (Å²) in [6.07, 6.45) is 1.76. The summed E-state index contributed by atoms with van der Waals surface area (Å²) in [7, 11) is 0. The number of benzene rings is 3. The molecule has 0 bridgehead atoms. The number of ether oxygens (including phenoxy) is 1. The molecule has 1 saturated heterocycles. The van der Waals surface area contributed by atoms with Crippen LogP contribution in [-0.4, -0.2) is 42.5 Å². The number of carbonyl (C=O) groups excluding carboxylic acids is 1. The van der Waals surface area contributed by atoms with Crippen molar-refractivity contribution < 1.29 is 9.53 Å². The minimum Gasteiger partial charge on any atom is -0.378 e. The first-order valence-corrected chi connectivity index (χ1v) is 10.8. The summed E-state index contributed by atoms with van der Waals surface area (Å²) < 4.78 is 5.41. The van der Waals surface area contributed by atoms with Crippen LogP contribution in [0.1, 0.15) is 0 Å². The van der Waals surface area contributed by atoms with Gasteiger partial charge in [-0.2, -0.15) is 5.10 Å². The number of amides is 2. The number of aromatic nitrogens is 2. The monoisotopic (exact) mass is 440 g/mol. The minimum atomic E-state index is -0.296. The van der Waals surface area contributed by atoms with Crippen LogP contribution in [0.5, 0.6) is 0 Å². The van der Waals surface area contributed by atoms with Gasteiger partial charge in [0, 0.05) is 36.2 Å². The van der Waals surface area contributed by atoms with E-state index in [1.165, 1.54) is 0 Å². The molecule has 8 heteroatoms. The highest BCUT2D eigenvalue weighted by Crippen LogP contribution is 2.22. The minimum absolute atomic E-state index is 0.296. The topological polar surface area (TPSA) is 91.4 Å². The van der Waals surface area contributed by atoms with E-state index >= 15 is 0 Å². The number of fused-ring (bicyclic) bond motifs is 1. The molecule has 5 rings (SSSR count). The van der Waals surface area contributed by atoms with E-state index in [1.54, 1.807) is 6.20 Å². The van der Waals surface area contributed by atoms with Crippen LogP contribution in [0.3, 0.4) is 0 Å². The van der Waals surface area contributed by atoms with Crippen molar-refractivity contribution >= 4 is 45.4 Å². The zero-order chi connectivity index (χ0) is 22.5. The van der Waals surface area contributed by atoms with Gasteiger partial charge in [-0.1, -0.05) is 30.3 Å². The number of carbonyl (C=O) groups is 1. The van der Waals surface area contributed by atoms with Gasteiger partial charge in [-0.25, -0.2) is 4.79 Å². The summed E-state index contributed by atoms with van der Waals surface area (Å²) in [5, 5.41) is 19.5. The number of nitrogens with one attached hydrogen (secondary N) is 3. The van der Waals surface area contributed by atoms with E-state index in [0.717, 1.165) is 40.9 Å². The average Bonchev–Trinajstić information content (AvgIpc) is 2.86. The predicted molar refractivity (Wildman–Crippen MR) is 131 cm³/mol. The van der Waals surface area contributed by atoms with Crippen molar-refractivity contribution in [2.75, 3.05) is 47.2 Å². The van der Waals surface area contributed by atoms with Gasteiger partial charge in [-0.3, -0.25) is 0 Å². The molecule has 3 aromatic carbocycles. The summed E-state index contributed by atoms with van der Waals surface area (Å²) in [6, 6.07) is 23.0. The number of rotatable bonds is 5. The van der Waals surface area contributed by atoms with Crippen molar-refractivity contribution in [1.29, 1.82) is 0 Å². The molecule has 1 aliphatic heterocycles. The highest BCUT2D eigenvalue weighted by molar-refractivity contribution is 6.01. The highest BCUT2D eigenvalue weighted by Gasteiger charge is 2.12. The first-order valence-electron chi connectivity index (χ1n) is 10.8. The van der Waals surface area contributed by atoms with E-state index < -0.39 is 0 Å². The van der Waals surface area contributed by atoms with Crippen LogP contribution in [0.4, 0.5) is 33.4 Å². The Morgan fingerprint density at radius 3 is 2.33 bits per heavy atom. The molecule has 8 nitrogen and oxygen atoms in total. The molecule has 166 valence electrons. The smallest absolute Gasteiger partial charge is 0.323 e. The Balaban J connectivity index is 1.19. The van der Waals surface area contributed by atoms with Gasteiger partial charge in [0.2, 0.25) is 0 Å². The van der Waals surface area contributed by atoms with Crippen molar-refractivity contribution in [2.24, 2.45) is 0 Å². The van der Waals surface area contributed by atoms with Crippen LogP contribution < -0.4 is 20.9 Å². The Morgan fingerprint density at radius 1 is 0.818 bits per heavy atom. The number of hydrogen-bond acceptors (Lipinski definition) is 6. The molecule has 2 amide bonds. The van der Waals surface area contributed by atoms with Crippen molar-refractivity contribution in [3.05, 3.63) is 79.0 Å². The number of nitrogens with zero attached hydrogens (tertiary/aromatic N) is 3. The average molecular weight is 441 g/mol. The lowest BCUT2D eigenvalue weighted by molar-refractivity contribution is 0.122. The maximum atomic E-state index is 12.4. The Bertz CT molecular complexity index is 1260. The summed E-state index contributed by atoms with van der Waals surface area (Å²) in [6.45, 7) is 3.11. The third-order valence-electron chi connectivity index (χ3n) is 5.44. The van der Waals surface area contributed by atoms with Gasteiger partial charge in [-0.15, -0.1) is 5.10 Å². The first kappa shape index (κ1) is 20.7. The molecule has 1 aromatic heterocycles. The lowest BCUT2D eigenvalue weighted by Crippen LogP contribution is -2.36. The molecule has 1 aliphatic rings. The van der Waals surface area contributed by atoms with Crippen molar-refractivity contribution in [3.8, 4) is 0 Å². The van der Waals surface area contributed by atoms with E-state index in [1.807, 2.05) is 72.8 Å². The van der Waals surface area contributed by atoms with Gasteiger partial charge in [0.25, 0.3) is 0 Å². The maximum absolute atomic E-state index is 12.4. The molecule has 0 saturated carbocycles. The Kier molecular flexibility index (Phi) is 5.99. The van der Waals surface area contributed by atoms with Crippen molar-refractivity contribution in [1.82, 2.24) is 10.2 Å². The summed E-state index contributed by atoms with van der Waals surface area (Å²) >= 11 is 0. The largest absolute Gasteiger partial charge is 0.378 e. The van der Waals surface area contributed by atoms with Gasteiger partial charge in [-0.05, 0) is 47.2 Å². The lowest BCUT2D eigenvalue weighted by atomic mass is 10.1. The summed E-state index contributed by atoms with van der Waals surface area (Å²) in [5.41, 5.74) is 3.29. The standard InChI is InChI=1S/C25H24N6O2/c32-25(29-22-6-5-18-3-1-2-4-19(18)15-22)28-21-9-7-20(8-10-21)27-24-16-23(17-26-30-24)31-11-13-33-14-12-31/h1-10,15-17H,11-14H2,(H,27,30)(H2,28,29,32). The van der Waals surface area contributed by atoms with Crippen molar-refractivity contribution in [2.45, 2.75) is 0 Å². The van der Waals surface area contributed by atoms with Crippen LogP contribution in [0.2, 0.25) is 0 Å². The van der Waals surface area contributed by atoms with Gasteiger partial charge < -0.3 is 25.6 Å². The van der Waals surface area contributed by atoms with E-state index in [0.29, 0.717) is 24.7 Å². The molecule has 1 fully saturated rings. The second kappa shape index (κ2) is 9.54. The third-order valence-corrected chi connectivity index (χ3v) is 5.44. The van der Waals surface area contributed by atoms with Crippen LogP contribution in [0.25, 0.3) is 10.8 Å². The van der Waals surface area contributed by atoms with Gasteiger partial charge in [0.1, 0.15) is 0 Å². The molecule has 0 aliphatic carbocycles. The Labute approximate surface area is 191 Å². The lowest BCUT2D eigenvalue weighted by Gasteiger charge is -2.28. The number of anilines is 5. The second-order valence-electron chi connectivity index (χ2n) is 7.74. The van der Waals surface area contributed by atoms with E-state index in [4.69, 9.17) is 4.74 Å². The van der Waals surface area contributed by atoms with Gasteiger partial charge >= 0.3 is 6.03 Å². The van der Waals surface area contributed by atoms with Gasteiger partial charge in [0.15, 0.2) is 5.82 Å². The summed E-state index contributed by atoms with van der Waals surface area (Å²) in [4.78, 5) is 14.6. The number of urea groups is 1.